The first-order valence-electron chi connectivity index (χ1n) is 3.47. The predicted molar refractivity (Wildman–Crippen MR) is 45.1 cm³/mol. The molecule has 60 valence electrons. The van der Waals surface area contributed by atoms with Gasteiger partial charge in [0, 0.05) is 18.0 Å². The molecule has 0 radical (unpaired) electrons. The summed E-state index contributed by atoms with van der Waals surface area (Å²) in [6, 6.07) is 0. The van der Waals surface area contributed by atoms with E-state index in [1.54, 1.807) is 18.7 Å². The minimum Gasteiger partial charge on any atom is -0.353 e. The average Bonchev–Trinajstić information content (AvgIpc) is 2.48. The van der Waals surface area contributed by atoms with Crippen molar-refractivity contribution < 1.29 is 0 Å². The first-order chi connectivity index (χ1) is 5.97. The van der Waals surface area contributed by atoms with Crippen LogP contribution in [-0.2, 0) is 0 Å². The lowest BCUT2D eigenvalue weighted by molar-refractivity contribution is 1.07. The molecule has 1 aliphatic rings. The second-order valence-electron chi connectivity index (χ2n) is 2.20. The zero-order valence-corrected chi connectivity index (χ0v) is 6.23. The summed E-state index contributed by atoms with van der Waals surface area (Å²) < 4.78 is 0. The van der Waals surface area contributed by atoms with E-state index in [0.29, 0.717) is 5.82 Å². The van der Waals surface area contributed by atoms with Gasteiger partial charge in [-0.25, -0.2) is 9.98 Å². The average molecular weight is 161 g/mol. The van der Waals surface area contributed by atoms with E-state index in [1.165, 1.54) is 6.33 Å². The van der Waals surface area contributed by atoms with Crippen LogP contribution in [0.1, 0.15) is 5.82 Å². The number of H-pyrrole nitrogens is 1. The molecule has 2 N–H and O–H groups in total. The number of aliphatic imine (C=N–C) groups is 1. The monoisotopic (exact) mass is 161 g/mol. The minimum atomic E-state index is 0.715. The Labute approximate surface area is 68.9 Å². The number of hydrogen-bond donors (Lipinski definition) is 2. The van der Waals surface area contributed by atoms with E-state index >= 15 is 0 Å². The second kappa shape index (κ2) is 3.00. The molecule has 0 saturated carbocycles. The Morgan fingerprint density at radius 3 is 3.17 bits per heavy atom. The number of aromatic nitrogens is 3. The fraction of sp³-hybridized carbons (Fsp3) is 0. The Balaban J connectivity index is 2.34. The molecule has 5 nitrogen and oxygen atoms in total. The Hall–Kier alpha value is -1.91. The van der Waals surface area contributed by atoms with Gasteiger partial charge >= 0.3 is 0 Å². The molecule has 0 saturated heterocycles. The van der Waals surface area contributed by atoms with Crippen molar-refractivity contribution in [3.63, 3.8) is 0 Å². The zero-order chi connectivity index (χ0) is 8.23. The van der Waals surface area contributed by atoms with Gasteiger partial charge < -0.3 is 5.32 Å². The van der Waals surface area contributed by atoms with Crippen LogP contribution < -0.4 is 5.32 Å². The van der Waals surface area contributed by atoms with Crippen molar-refractivity contribution in [3.05, 3.63) is 30.6 Å². The van der Waals surface area contributed by atoms with Gasteiger partial charge in [-0.3, -0.25) is 5.10 Å². The van der Waals surface area contributed by atoms with E-state index in [-0.39, 0.29) is 0 Å². The molecule has 0 bridgehead atoms. The van der Waals surface area contributed by atoms with Crippen LogP contribution in [0.4, 0.5) is 0 Å². The van der Waals surface area contributed by atoms with Gasteiger partial charge in [-0.2, -0.15) is 5.10 Å². The quantitative estimate of drug-likeness (QED) is 0.622. The van der Waals surface area contributed by atoms with Gasteiger partial charge in [0.05, 0.1) is 6.34 Å². The van der Waals surface area contributed by atoms with Gasteiger partial charge in [-0.05, 0) is 6.08 Å². The molecular weight excluding hydrogens is 154 g/mol. The number of nitrogens with zero attached hydrogens (tertiary/aromatic N) is 3. The lowest BCUT2D eigenvalue weighted by Gasteiger charge is -1.90. The highest BCUT2D eigenvalue weighted by Crippen LogP contribution is 2.09. The van der Waals surface area contributed by atoms with Gasteiger partial charge in [0.15, 0.2) is 5.82 Å². The SMILES string of the molecule is C1=CC(c2ncn[nH]2)=CN=CN1. The third-order valence-electron chi connectivity index (χ3n) is 1.41. The third-order valence-corrected chi connectivity index (χ3v) is 1.41. The van der Waals surface area contributed by atoms with Crippen molar-refractivity contribution in [1.29, 1.82) is 0 Å². The Bertz CT molecular complexity index is 333. The summed E-state index contributed by atoms with van der Waals surface area (Å²) in [4.78, 5) is 7.95. The molecule has 0 spiro atoms. The Kier molecular flexibility index (Phi) is 1.69. The smallest absolute Gasteiger partial charge is 0.157 e. The summed E-state index contributed by atoms with van der Waals surface area (Å²) in [5, 5.41) is 9.35. The predicted octanol–water partition coefficient (Wildman–Crippen LogP) is 0.291. The van der Waals surface area contributed by atoms with Crippen LogP contribution in [0.25, 0.3) is 5.57 Å². The summed E-state index contributed by atoms with van der Waals surface area (Å²) in [5.74, 6) is 0.715. The zero-order valence-electron chi connectivity index (χ0n) is 6.23. The molecule has 1 aromatic heterocycles. The van der Waals surface area contributed by atoms with E-state index in [1.807, 2.05) is 6.08 Å². The van der Waals surface area contributed by atoms with Crippen LogP contribution in [0, 0.1) is 0 Å². The molecule has 5 heteroatoms. The normalized spacial score (nSPS) is 15.2. The molecule has 0 aliphatic carbocycles. The number of rotatable bonds is 1. The molecule has 1 aromatic rings. The highest BCUT2D eigenvalue weighted by atomic mass is 15.2. The van der Waals surface area contributed by atoms with Crippen LogP contribution in [0.5, 0.6) is 0 Å². The molecule has 0 fully saturated rings. The number of aromatic amines is 1. The van der Waals surface area contributed by atoms with E-state index < -0.39 is 0 Å². The van der Waals surface area contributed by atoms with Gasteiger partial charge in [0.25, 0.3) is 0 Å². The maximum Gasteiger partial charge on any atom is 0.157 e. The summed E-state index contributed by atoms with van der Waals surface area (Å²) in [7, 11) is 0. The van der Waals surface area contributed by atoms with Gasteiger partial charge in [-0.15, -0.1) is 0 Å². The highest BCUT2D eigenvalue weighted by molar-refractivity contribution is 5.73. The van der Waals surface area contributed by atoms with Gasteiger partial charge in [0.2, 0.25) is 0 Å². The fourth-order valence-electron chi connectivity index (χ4n) is 0.869. The molecular formula is C7H7N5. The summed E-state index contributed by atoms with van der Waals surface area (Å²) >= 11 is 0. The minimum absolute atomic E-state index is 0.715. The van der Waals surface area contributed by atoms with E-state index in [0.717, 1.165) is 5.57 Å². The first kappa shape index (κ1) is 6.78. The fourth-order valence-corrected chi connectivity index (χ4v) is 0.869. The van der Waals surface area contributed by atoms with Crippen molar-refractivity contribution in [3.8, 4) is 0 Å². The Morgan fingerprint density at radius 1 is 1.33 bits per heavy atom. The maximum absolute atomic E-state index is 3.99. The molecule has 0 unspecified atom stereocenters. The van der Waals surface area contributed by atoms with Crippen LogP contribution in [-0.4, -0.2) is 21.5 Å². The molecule has 0 aromatic carbocycles. The second-order valence-corrected chi connectivity index (χ2v) is 2.20. The maximum atomic E-state index is 3.99. The van der Waals surface area contributed by atoms with Gasteiger partial charge in [0.1, 0.15) is 6.33 Å². The molecule has 2 rings (SSSR count). The van der Waals surface area contributed by atoms with Crippen LogP contribution in [0.3, 0.4) is 0 Å². The van der Waals surface area contributed by atoms with Crippen molar-refractivity contribution in [2.24, 2.45) is 4.99 Å². The largest absolute Gasteiger partial charge is 0.353 e. The molecule has 12 heavy (non-hydrogen) atoms. The highest BCUT2D eigenvalue weighted by Gasteiger charge is 2.00. The van der Waals surface area contributed by atoms with E-state index in [4.69, 9.17) is 0 Å². The van der Waals surface area contributed by atoms with Crippen molar-refractivity contribution in [2.75, 3.05) is 0 Å². The van der Waals surface area contributed by atoms with E-state index in [2.05, 4.69) is 25.5 Å². The number of nitrogens with one attached hydrogen (secondary N) is 2. The molecule has 0 atom stereocenters. The molecule has 0 amide bonds. The van der Waals surface area contributed by atoms with Crippen molar-refractivity contribution in [1.82, 2.24) is 20.5 Å². The molecule has 2 heterocycles. The topological polar surface area (TPSA) is 66.0 Å². The lowest BCUT2D eigenvalue weighted by Crippen LogP contribution is -1.97. The number of allylic oxidation sites excluding steroid dienone is 2. The summed E-state index contributed by atoms with van der Waals surface area (Å²) in [6.07, 6.45) is 8.42. The van der Waals surface area contributed by atoms with Crippen LogP contribution in [0.15, 0.2) is 29.8 Å². The Morgan fingerprint density at radius 2 is 2.33 bits per heavy atom. The number of hydrogen-bond acceptors (Lipinski definition) is 4. The van der Waals surface area contributed by atoms with Gasteiger partial charge in [-0.1, -0.05) is 0 Å². The van der Waals surface area contributed by atoms with Crippen LogP contribution in [0.2, 0.25) is 0 Å². The summed E-state index contributed by atoms with van der Waals surface area (Å²) in [6.45, 7) is 0. The van der Waals surface area contributed by atoms with Crippen LogP contribution >= 0.6 is 0 Å². The first-order valence-corrected chi connectivity index (χ1v) is 3.47. The standard InChI is InChI=1S/C7H7N5/c1-2-8-4-9-3-6(1)7-10-5-11-12-7/h1-5H,(H,8,9)(H,10,11,12). The van der Waals surface area contributed by atoms with Crippen molar-refractivity contribution in [2.45, 2.75) is 0 Å². The van der Waals surface area contributed by atoms with Crippen molar-refractivity contribution >= 4 is 11.9 Å². The lowest BCUT2D eigenvalue weighted by atomic mass is 10.3. The third kappa shape index (κ3) is 1.24. The summed E-state index contributed by atoms with van der Waals surface area (Å²) in [5.41, 5.74) is 0.897. The van der Waals surface area contributed by atoms with E-state index in [9.17, 15) is 0 Å². The molecule has 1 aliphatic heterocycles.